The molecule has 3 rings (SSSR count). The van der Waals surface area contributed by atoms with E-state index in [9.17, 15) is 0 Å². The van der Waals surface area contributed by atoms with Crippen molar-refractivity contribution in [2.75, 3.05) is 5.73 Å². The van der Waals surface area contributed by atoms with Crippen LogP contribution in [0, 0.1) is 13.8 Å². The maximum atomic E-state index is 5.88. The Bertz CT molecular complexity index is 744. The molecule has 1 heterocycles. The average molecular weight is 264 g/mol. The first-order chi connectivity index (χ1) is 9.66. The van der Waals surface area contributed by atoms with Gasteiger partial charge in [0.2, 0.25) is 0 Å². The molecular weight excluding hydrogens is 248 g/mol. The normalized spacial score (nSPS) is 10.7. The van der Waals surface area contributed by atoms with Crippen molar-refractivity contribution >= 4 is 5.69 Å². The van der Waals surface area contributed by atoms with E-state index in [2.05, 4.69) is 10.2 Å². The lowest BCUT2D eigenvalue weighted by molar-refractivity contribution is 0.972. The van der Waals surface area contributed by atoms with Crippen LogP contribution in [0.25, 0.3) is 17.1 Å². The van der Waals surface area contributed by atoms with Gasteiger partial charge in [0.1, 0.15) is 5.82 Å². The van der Waals surface area contributed by atoms with Gasteiger partial charge in [-0.3, -0.25) is 4.57 Å². The molecule has 0 aliphatic heterocycles. The number of nitrogens with zero attached hydrogens (tertiary/aromatic N) is 3. The Kier molecular flexibility index (Phi) is 2.99. The van der Waals surface area contributed by atoms with Gasteiger partial charge in [0.15, 0.2) is 5.82 Å². The molecule has 0 radical (unpaired) electrons. The summed E-state index contributed by atoms with van der Waals surface area (Å²) in [5, 5.41) is 8.51. The zero-order valence-electron chi connectivity index (χ0n) is 11.5. The summed E-state index contributed by atoms with van der Waals surface area (Å²) in [7, 11) is 0. The fourth-order valence-electron chi connectivity index (χ4n) is 2.25. The van der Waals surface area contributed by atoms with Gasteiger partial charge in [0.05, 0.1) is 0 Å². The number of hydrogen-bond donors (Lipinski definition) is 1. The smallest absolute Gasteiger partial charge is 0.168 e. The van der Waals surface area contributed by atoms with Gasteiger partial charge in [0, 0.05) is 16.9 Å². The third-order valence-electron chi connectivity index (χ3n) is 3.37. The molecule has 4 heteroatoms. The third-order valence-corrected chi connectivity index (χ3v) is 3.37. The van der Waals surface area contributed by atoms with E-state index in [-0.39, 0.29) is 0 Å². The lowest BCUT2D eigenvalue weighted by Crippen LogP contribution is -2.00. The van der Waals surface area contributed by atoms with Crippen molar-refractivity contribution in [2.45, 2.75) is 13.8 Å². The van der Waals surface area contributed by atoms with E-state index in [0.717, 1.165) is 34.2 Å². The molecular formula is C16H16N4. The van der Waals surface area contributed by atoms with Crippen LogP contribution in [-0.4, -0.2) is 14.8 Å². The fourth-order valence-corrected chi connectivity index (χ4v) is 2.25. The van der Waals surface area contributed by atoms with E-state index in [1.165, 1.54) is 0 Å². The Morgan fingerprint density at radius 1 is 0.950 bits per heavy atom. The van der Waals surface area contributed by atoms with Gasteiger partial charge >= 0.3 is 0 Å². The number of aryl methyl sites for hydroxylation is 2. The fraction of sp³-hybridized carbons (Fsp3) is 0.125. The number of para-hydroxylation sites is 1. The number of benzene rings is 2. The first kappa shape index (κ1) is 12.4. The molecule has 0 bridgehead atoms. The van der Waals surface area contributed by atoms with Crippen LogP contribution in [0.2, 0.25) is 0 Å². The molecule has 2 N–H and O–H groups in total. The van der Waals surface area contributed by atoms with Gasteiger partial charge < -0.3 is 5.73 Å². The molecule has 4 nitrogen and oxygen atoms in total. The number of anilines is 1. The summed E-state index contributed by atoms with van der Waals surface area (Å²) in [5.74, 6) is 1.69. The highest BCUT2D eigenvalue weighted by Gasteiger charge is 2.13. The molecule has 0 fully saturated rings. The van der Waals surface area contributed by atoms with Crippen molar-refractivity contribution in [1.29, 1.82) is 0 Å². The van der Waals surface area contributed by atoms with Crippen LogP contribution >= 0.6 is 0 Å². The summed E-state index contributed by atoms with van der Waals surface area (Å²) in [6.07, 6.45) is 0. The first-order valence-electron chi connectivity index (χ1n) is 6.51. The SMILES string of the molecule is Cc1cc(-c2nnc(C)n2-c2ccccc2)ccc1N. The second kappa shape index (κ2) is 4.81. The Labute approximate surface area is 117 Å². The van der Waals surface area contributed by atoms with Crippen LogP contribution in [0.3, 0.4) is 0 Å². The van der Waals surface area contributed by atoms with E-state index in [1.54, 1.807) is 0 Å². The molecule has 20 heavy (non-hydrogen) atoms. The van der Waals surface area contributed by atoms with Crippen LogP contribution in [0.5, 0.6) is 0 Å². The molecule has 100 valence electrons. The second-order valence-electron chi connectivity index (χ2n) is 4.81. The van der Waals surface area contributed by atoms with E-state index in [1.807, 2.05) is 66.9 Å². The summed E-state index contributed by atoms with van der Waals surface area (Å²) in [5.41, 5.74) is 9.78. The predicted octanol–water partition coefficient (Wildman–Crippen LogP) is 3.13. The molecule has 0 unspecified atom stereocenters. The third kappa shape index (κ3) is 2.05. The molecule has 0 spiro atoms. The number of hydrogen-bond acceptors (Lipinski definition) is 3. The van der Waals surface area contributed by atoms with Crippen molar-refractivity contribution < 1.29 is 0 Å². The lowest BCUT2D eigenvalue weighted by atomic mass is 10.1. The first-order valence-corrected chi connectivity index (χ1v) is 6.51. The van der Waals surface area contributed by atoms with E-state index >= 15 is 0 Å². The van der Waals surface area contributed by atoms with E-state index in [0.29, 0.717) is 0 Å². The molecule has 0 saturated heterocycles. The summed E-state index contributed by atoms with van der Waals surface area (Å²) < 4.78 is 2.05. The molecule has 0 saturated carbocycles. The van der Waals surface area contributed by atoms with Gasteiger partial charge in [-0.25, -0.2) is 0 Å². The number of nitrogens with two attached hydrogens (primary N) is 1. The molecule has 1 aromatic heterocycles. The number of rotatable bonds is 2. The summed E-state index contributed by atoms with van der Waals surface area (Å²) >= 11 is 0. The number of aromatic nitrogens is 3. The molecule has 0 atom stereocenters. The van der Waals surface area contributed by atoms with Gasteiger partial charge in [-0.1, -0.05) is 18.2 Å². The van der Waals surface area contributed by atoms with E-state index < -0.39 is 0 Å². The van der Waals surface area contributed by atoms with Crippen molar-refractivity contribution in [3.63, 3.8) is 0 Å². The Morgan fingerprint density at radius 3 is 2.40 bits per heavy atom. The predicted molar refractivity (Wildman–Crippen MR) is 80.7 cm³/mol. The summed E-state index contributed by atoms with van der Waals surface area (Å²) in [4.78, 5) is 0. The lowest BCUT2D eigenvalue weighted by Gasteiger charge is -2.09. The zero-order valence-corrected chi connectivity index (χ0v) is 11.5. The maximum absolute atomic E-state index is 5.88. The molecule has 3 aromatic rings. The van der Waals surface area contributed by atoms with Crippen LogP contribution in [0.4, 0.5) is 5.69 Å². The average Bonchev–Trinajstić information content (AvgIpc) is 2.85. The Balaban J connectivity index is 2.18. The Hall–Kier alpha value is -2.62. The van der Waals surface area contributed by atoms with Crippen LogP contribution < -0.4 is 5.73 Å². The minimum atomic E-state index is 0.788. The Morgan fingerprint density at radius 2 is 1.70 bits per heavy atom. The van der Waals surface area contributed by atoms with Gasteiger partial charge in [0.25, 0.3) is 0 Å². The van der Waals surface area contributed by atoms with Crippen molar-refractivity contribution in [3.05, 3.63) is 59.9 Å². The maximum Gasteiger partial charge on any atom is 0.168 e. The van der Waals surface area contributed by atoms with Gasteiger partial charge in [-0.15, -0.1) is 10.2 Å². The van der Waals surface area contributed by atoms with E-state index in [4.69, 9.17) is 5.73 Å². The van der Waals surface area contributed by atoms with Crippen LogP contribution in [-0.2, 0) is 0 Å². The zero-order chi connectivity index (χ0) is 14.1. The molecule has 0 aliphatic carbocycles. The monoisotopic (exact) mass is 264 g/mol. The molecule has 0 amide bonds. The van der Waals surface area contributed by atoms with Gasteiger partial charge in [-0.2, -0.15) is 0 Å². The van der Waals surface area contributed by atoms with Crippen LogP contribution in [0.15, 0.2) is 48.5 Å². The molecule has 0 aliphatic rings. The van der Waals surface area contributed by atoms with Crippen molar-refractivity contribution in [3.8, 4) is 17.1 Å². The highest BCUT2D eigenvalue weighted by molar-refractivity contribution is 5.64. The van der Waals surface area contributed by atoms with Crippen LogP contribution in [0.1, 0.15) is 11.4 Å². The van der Waals surface area contributed by atoms with Crippen molar-refractivity contribution in [2.24, 2.45) is 0 Å². The second-order valence-corrected chi connectivity index (χ2v) is 4.81. The summed E-state index contributed by atoms with van der Waals surface area (Å²) in [6, 6.07) is 16.0. The largest absolute Gasteiger partial charge is 0.399 e. The van der Waals surface area contributed by atoms with Gasteiger partial charge in [-0.05, 0) is 49.7 Å². The highest BCUT2D eigenvalue weighted by atomic mass is 15.3. The van der Waals surface area contributed by atoms with Crippen molar-refractivity contribution in [1.82, 2.24) is 14.8 Å². The molecule has 2 aromatic carbocycles. The minimum Gasteiger partial charge on any atom is -0.399 e. The number of nitrogen functional groups attached to an aromatic ring is 1. The summed E-state index contributed by atoms with van der Waals surface area (Å²) in [6.45, 7) is 3.95. The highest BCUT2D eigenvalue weighted by Crippen LogP contribution is 2.25. The quantitative estimate of drug-likeness (QED) is 0.723. The topological polar surface area (TPSA) is 56.7 Å². The standard InChI is InChI=1S/C16H16N4/c1-11-10-13(8-9-15(11)17)16-19-18-12(2)20(16)14-6-4-3-5-7-14/h3-10H,17H2,1-2H3. The minimum absolute atomic E-state index is 0.788.